The quantitative estimate of drug-likeness (QED) is 0.625. The van der Waals surface area contributed by atoms with Gasteiger partial charge in [-0.2, -0.15) is 0 Å². The Morgan fingerprint density at radius 1 is 1.25 bits per heavy atom. The van der Waals surface area contributed by atoms with Crippen LogP contribution in [0.25, 0.3) is 0 Å². The Labute approximate surface area is 125 Å². The molecule has 3 nitrogen and oxygen atoms in total. The summed E-state index contributed by atoms with van der Waals surface area (Å²) in [7, 11) is 0. The lowest BCUT2D eigenvalue weighted by Crippen LogP contribution is -2.40. The second-order valence-corrected chi connectivity index (χ2v) is 6.28. The Morgan fingerprint density at radius 2 is 1.95 bits per heavy atom. The number of nitrogens with zero attached hydrogens (tertiary/aromatic N) is 1. The van der Waals surface area contributed by atoms with Gasteiger partial charge in [-0.15, -0.1) is 0 Å². The first-order valence-corrected chi connectivity index (χ1v) is 7.90. The Bertz CT molecular complexity index is 581. The highest BCUT2D eigenvalue weighted by Crippen LogP contribution is 2.42. The number of rotatable bonds is 3. The van der Waals surface area contributed by atoms with Crippen LogP contribution in [0, 0.1) is 11.2 Å². The van der Waals surface area contributed by atoms with Gasteiger partial charge in [0.15, 0.2) is 0 Å². The monoisotopic (exact) mass is 339 g/mol. The second-order valence-electron chi connectivity index (χ2n) is 5.72. The van der Waals surface area contributed by atoms with Crippen molar-refractivity contribution in [2.45, 2.75) is 25.7 Å². The van der Waals surface area contributed by atoms with Crippen molar-refractivity contribution < 1.29 is 14.0 Å². The standard InChI is InChI=1S/C15H15BrFNO2/c16-8-15(5-1-2-6-15)9-18-12-4-3-10(17)7-11(12)13(19)14(18)20/h3-4,7H,1-2,5-6,8-9H2. The molecule has 3 rings (SSSR count). The molecule has 20 heavy (non-hydrogen) atoms. The zero-order valence-corrected chi connectivity index (χ0v) is 12.6. The zero-order valence-electron chi connectivity index (χ0n) is 11.0. The number of hydrogen-bond acceptors (Lipinski definition) is 2. The lowest BCUT2D eigenvalue weighted by atomic mass is 9.88. The fourth-order valence-corrected chi connectivity index (χ4v) is 3.96. The van der Waals surface area contributed by atoms with Crippen LogP contribution in [0.5, 0.6) is 0 Å². The average molecular weight is 340 g/mol. The molecule has 1 fully saturated rings. The van der Waals surface area contributed by atoms with Crippen LogP contribution >= 0.6 is 15.9 Å². The van der Waals surface area contributed by atoms with Gasteiger partial charge in [0.1, 0.15) is 5.82 Å². The molecule has 1 saturated carbocycles. The Kier molecular flexibility index (Phi) is 3.40. The molecule has 0 spiro atoms. The van der Waals surface area contributed by atoms with Gasteiger partial charge in [0, 0.05) is 11.9 Å². The molecule has 0 radical (unpaired) electrons. The van der Waals surface area contributed by atoms with E-state index in [0.717, 1.165) is 37.1 Å². The number of anilines is 1. The maximum absolute atomic E-state index is 13.2. The fourth-order valence-electron chi connectivity index (χ4n) is 3.22. The topological polar surface area (TPSA) is 37.4 Å². The van der Waals surface area contributed by atoms with E-state index < -0.39 is 17.5 Å². The smallest absolute Gasteiger partial charge is 0.299 e. The first kappa shape index (κ1) is 13.7. The lowest BCUT2D eigenvalue weighted by Gasteiger charge is -2.31. The Balaban J connectivity index is 1.95. The fraction of sp³-hybridized carbons (Fsp3) is 0.467. The highest BCUT2D eigenvalue weighted by molar-refractivity contribution is 9.09. The Morgan fingerprint density at radius 3 is 2.60 bits per heavy atom. The molecule has 1 aliphatic heterocycles. The molecule has 0 aromatic heterocycles. The Hall–Kier alpha value is -1.23. The van der Waals surface area contributed by atoms with Crippen LogP contribution in [0.2, 0.25) is 0 Å². The summed E-state index contributed by atoms with van der Waals surface area (Å²) in [5, 5.41) is 0.814. The molecule has 0 unspecified atom stereocenters. The molecule has 0 saturated heterocycles. The van der Waals surface area contributed by atoms with E-state index in [0.29, 0.717) is 12.2 Å². The van der Waals surface area contributed by atoms with Crippen molar-refractivity contribution in [1.82, 2.24) is 0 Å². The van der Waals surface area contributed by atoms with E-state index >= 15 is 0 Å². The summed E-state index contributed by atoms with van der Waals surface area (Å²) in [6.45, 7) is 0.529. The number of alkyl halides is 1. The van der Waals surface area contributed by atoms with E-state index in [9.17, 15) is 14.0 Å². The minimum absolute atomic E-state index is 0.0337. The van der Waals surface area contributed by atoms with Crippen molar-refractivity contribution in [3.8, 4) is 0 Å². The number of carbonyl (C=O) groups excluding carboxylic acids is 2. The molecular weight excluding hydrogens is 325 g/mol. The number of carbonyl (C=O) groups is 2. The molecule has 1 aliphatic carbocycles. The first-order valence-electron chi connectivity index (χ1n) is 6.78. The molecule has 0 bridgehead atoms. The SMILES string of the molecule is O=C1C(=O)N(CC2(CBr)CCCC2)c2ccc(F)cc21. The van der Waals surface area contributed by atoms with Crippen molar-refractivity contribution >= 4 is 33.3 Å². The van der Waals surface area contributed by atoms with Gasteiger partial charge in [0.05, 0.1) is 11.3 Å². The molecular formula is C15H15BrFNO2. The molecule has 0 N–H and O–H groups in total. The van der Waals surface area contributed by atoms with Gasteiger partial charge < -0.3 is 4.90 Å². The molecule has 1 aromatic carbocycles. The summed E-state index contributed by atoms with van der Waals surface area (Å²) in [6.07, 6.45) is 4.40. The van der Waals surface area contributed by atoms with Gasteiger partial charge in [-0.3, -0.25) is 9.59 Å². The molecule has 1 heterocycles. The van der Waals surface area contributed by atoms with Crippen LogP contribution in [0.15, 0.2) is 18.2 Å². The van der Waals surface area contributed by atoms with Gasteiger partial charge in [0.25, 0.3) is 11.7 Å². The largest absolute Gasteiger partial charge is 0.304 e. The van der Waals surface area contributed by atoms with Crippen molar-refractivity contribution in [3.05, 3.63) is 29.6 Å². The van der Waals surface area contributed by atoms with Crippen LogP contribution < -0.4 is 4.90 Å². The summed E-state index contributed by atoms with van der Waals surface area (Å²) >= 11 is 3.54. The van der Waals surface area contributed by atoms with E-state index in [1.165, 1.54) is 17.0 Å². The minimum Gasteiger partial charge on any atom is -0.304 e. The number of fused-ring (bicyclic) bond motifs is 1. The maximum Gasteiger partial charge on any atom is 0.299 e. The molecule has 0 atom stereocenters. The van der Waals surface area contributed by atoms with Crippen molar-refractivity contribution in [1.29, 1.82) is 0 Å². The highest BCUT2D eigenvalue weighted by atomic mass is 79.9. The predicted octanol–water partition coefficient (Wildman–Crippen LogP) is 3.31. The van der Waals surface area contributed by atoms with Gasteiger partial charge in [0.2, 0.25) is 0 Å². The number of Topliss-reactive ketones (excluding diaryl/α,β-unsaturated/α-hetero) is 1. The molecule has 1 amide bonds. The van der Waals surface area contributed by atoms with Gasteiger partial charge in [-0.05, 0) is 36.5 Å². The predicted molar refractivity (Wildman–Crippen MR) is 77.8 cm³/mol. The van der Waals surface area contributed by atoms with Crippen molar-refractivity contribution in [2.75, 3.05) is 16.8 Å². The van der Waals surface area contributed by atoms with E-state index in [4.69, 9.17) is 0 Å². The van der Waals surface area contributed by atoms with Crippen molar-refractivity contribution in [2.24, 2.45) is 5.41 Å². The van der Waals surface area contributed by atoms with Gasteiger partial charge in [-0.25, -0.2) is 4.39 Å². The van der Waals surface area contributed by atoms with E-state index in [1.807, 2.05) is 0 Å². The lowest BCUT2D eigenvalue weighted by molar-refractivity contribution is -0.114. The first-order chi connectivity index (χ1) is 9.56. The number of hydrogen-bond donors (Lipinski definition) is 0. The third-order valence-corrected chi connectivity index (χ3v) is 5.56. The van der Waals surface area contributed by atoms with E-state index in [-0.39, 0.29) is 11.0 Å². The normalized spacial score (nSPS) is 20.6. The molecule has 5 heteroatoms. The van der Waals surface area contributed by atoms with Crippen LogP contribution in [0.3, 0.4) is 0 Å². The van der Waals surface area contributed by atoms with Gasteiger partial charge >= 0.3 is 0 Å². The van der Waals surface area contributed by atoms with E-state index in [2.05, 4.69) is 15.9 Å². The third-order valence-electron chi connectivity index (χ3n) is 4.37. The zero-order chi connectivity index (χ0) is 14.3. The maximum atomic E-state index is 13.2. The summed E-state index contributed by atoms with van der Waals surface area (Å²) in [5.41, 5.74) is 0.776. The van der Waals surface area contributed by atoms with Crippen LogP contribution in [0.4, 0.5) is 10.1 Å². The number of halogens is 2. The van der Waals surface area contributed by atoms with E-state index in [1.54, 1.807) is 0 Å². The summed E-state index contributed by atoms with van der Waals surface area (Å²) in [5.74, 6) is -1.61. The van der Waals surface area contributed by atoms with Crippen LogP contribution in [0.1, 0.15) is 36.0 Å². The summed E-state index contributed by atoms with van der Waals surface area (Å²) < 4.78 is 13.2. The average Bonchev–Trinajstić information content (AvgIpc) is 3.00. The number of amides is 1. The molecule has 2 aliphatic rings. The highest BCUT2D eigenvalue weighted by Gasteiger charge is 2.42. The van der Waals surface area contributed by atoms with Crippen LogP contribution in [-0.2, 0) is 4.79 Å². The number of ketones is 1. The minimum atomic E-state index is -0.595. The molecule has 106 valence electrons. The third kappa shape index (κ3) is 2.08. The number of benzene rings is 1. The van der Waals surface area contributed by atoms with Crippen LogP contribution in [-0.4, -0.2) is 23.6 Å². The second kappa shape index (κ2) is 4.95. The van der Waals surface area contributed by atoms with Crippen molar-refractivity contribution in [3.63, 3.8) is 0 Å². The molecule has 1 aromatic rings. The van der Waals surface area contributed by atoms with Gasteiger partial charge in [-0.1, -0.05) is 28.8 Å². The summed E-state index contributed by atoms with van der Waals surface area (Å²) in [6, 6.07) is 3.99. The summed E-state index contributed by atoms with van der Waals surface area (Å²) in [4.78, 5) is 25.6.